The van der Waals surface area contributed by atoms with Gasteiger partial charge in [0.15, 0.2) is 0 Å². The molecule has 0 N–H and O–H groups in total. The highest BCUT2D eigenvalue weighted by molar-refractivity contribution is 6.25. The van der Waals surface area contributed by atoms with Gasteiger partial charge in [0.1, 0.15) is 0 Å². The Morgan fingerprint density at radius 3 is 1.59 bits per heavy atom. The summed E-state index contributed by atoms with van der Waals surface area (Å²) in [6.45, 7) is 4.89. The van der Waals surface area contributed by atoms with E-state index in [0.29, 0.717) is 0 Å². The van der Waals surface area contributed by atoms with Gasteiger partial charge in [0, 0.05) is 27.8 Å². The fourth-order valence-electron chi connectivity index (χ4n) is 12.1. The molecule has 2 aliphatic rings. The van der Waals surface area contributed by atoms with Gasteiger partial charge in [0.2, 0.25) is 0 Å². The van der Waals surface area contributed by atoms with Crippen LogP contribution in [-0.2, 0) is 11.8 Å². The monoisotopic (exact) mass is 839 g/mol. The van der Waals surface area contributed by atoms with Crippen molar-refractivity contribution in [2.24, 2.45) is 0 Å². The zero-order valence-electron chi connectivity index (χ0n) is 37.0. The summed E-state index contributed by atoms with van der Waals surface area (Å²) in [6, 6.07) is 82.3. The number of hydrogen-bond donors (Lipinski definition) is 0. The molecule has 1 aromatic heterocycles. The predicted octanol–water partition coefficient (Wildman–Crippen LogP) is 17.2. The minimum Gasteiger partial charge on any atom is -0.309 e. The first-order valence-electron chi connectivity index (χ1n) is 23.4. The molecule has 1 atom stereocenters. The van der Waals surface area contributed by atoms with E-state index in [0.717, 1.165) is 6.42 Å². The van der Waals surface area contributed by atoms with Crippen LogP contribution in [0.4, 0.5) is 0 Å². The molecule has 0 aliphatic heterocycles. The van der Waals surface area contributed by atoms with Crippen LogP contribution in [0.15, 0.2) is 218 Å². The van der Waals surface area contributed by atoms with Crippen molar-refractivity contribution in [3.05, 3.63) is 246 Å². The number of para-hydroxylation sites is 1. The zero-order valence-corrected chi connectivity index (χ0v) is 37.0. The minimum absolute atomic E-state index is 0.201. The Bertz CT molecular complexity index is 3890. The second-order valence-electron chi connectivity index (χ2n) is 19.2. The molecule has 0 amide bonds. The molecule has 14 rings (SSSR count). The van der Waals surface area contributed by atoms with Crippen molar-refractivity contribution in [2.45, 2.75) is 31.6 Å². The van der Waals surface area contributed by atoms with Gasteiger partial charge in [-0.2, -0.15) is 0 Å². The number of benzene rings is 11. The van der Waals surface area contributed by atoms with E-state index >= 15 is 0 Å². The van der Waals surface area contributed by atoms with Gasteiger partial charge in [-0.1, -0.05) is 190 Å². The van der Waals surface area contributed by atoms with Gasteiger partial charge < -0.3 is 4.57 Å². The molecule has 0 bridgehead atoms. The Kier molecular flexibility index (Phi) is 7.93. The Hall–Kier alpha value is -8.00. The van der Waals surface area contributed by atoms with Gasteiger partial charge in [0.25, 0.3) is 0 Å². The fraction of sp³-hybridized carbons (Fsp3) is 0.0769. The highest BCUT2D eigenvalue weighted by Gasteiger charge is 2.39. The van der Waals surface area contributed by atoms with E-state index in [9.17, 15) is 0 Å². The molecule has 11 aromatic carbocycles. The molecular weight excluding hydrogens is 795 g/mol. The highest BCUT2D eigenvalue weighted by atomic mass is 15.0. The van der Waals surface area contributed by atoms with E-state index in [1.54, 1.807) is 0 Å². The molecule has 1 nitrogen and oxygen atoms in total. The lowest BCUT2D eigenvalue weighted by Crippen LogP contribution is -2.17. The van der Waals surface area contributed by atoms with Crippen molar-refractivity contribution >= 4 is 54.1 Å². The molecule has 66 heavy (non-hydrogen) atoms. The van der Waals surface area contributed by atoms with Crippen LogP contribution in [0.3, 0.4) is 0 Å². The summed E-state index contributed by atoms with van der Waals surface area (Å²) in [5.41, 5.74) is 20.9. The van der Waals surface area contributed by atoms with Crippen molar-refractivity contribution in [1.29, 1.82) is 0 Å². The fourth-order valence-corrected chi connectivity index (χ4v) is 12.1. The molecule has 0 fully saturated rings. The summed E-state index contributed by atoms with van der Waals surface area (Å²) in [5.74, 6) is 0.218. The largest absolute Gasteiger partial charge is 0.309 e. The van der Waals surface area contributed by atoms with E-state index in [1.165, 1.54) is 132 Å². The SMILES string of the molecule is CC1(C)c2cc3c(cc2-c2cc4c5ccccc5n(-c5ccc6c7ccccc7c7ccccc7c6c5)c4cc21)-c1ccccc1C(c1cc(-c2ccccc2)cc(-c2ccccc2)c1)C3. The van der Waals surface area contributed by atoms with Crippen LogP contribution in [0.5, 0.6) is 0 Å². The maximum Gasteiger partial charge on any atom is 0.0544 e. The van der Waals surface area contributed by atoms with Crippen LogP contribution >= 0.6 is 0 Å². The first kappa shape index (κ1) is 37.4. The van der Waals surface area contributed by atoms with E-state index in [-0.39, 0.29) is 11.3 Å². The molecule has 2 aliphatic carbocycles. The minimum atomic E-state index is -0.201. The Morgan fingerprint density at radius 2 is 0.909 bits per heavy atom. The molecule has 1 unspecified atom stereocenters. The average molecular weight is 840 g/mol. The number of nitrogens with zero attached hydrogens (tertiary/aromatic N) is 1. The average Bonchev–Trinajstić information content (AvgIpc) is 3.81. The van der Waals surface area contributed by atoms with Crippen molar-refractivity contribution in [2.75, 3.05) is 0 Å². The van der Waals surface area contributed by atoms with Gasteiger partial charge in [-0.15, -0.1) is 0 Å². The predicted molar refractivity (Wildman–Crippen MR) is 279 cm³/mol. The molecule has 0 spiro atoms. The second-order valence-corrected chi connectivity index (χ2v) is 19.2. The third-order valence-corrected chi connectivity index (χ3v) is 15.3. The summed E-state index contributed by atoms with van der Waals surface area (Å²) in [4.78, 5) is 0. The lowest BCUT2D eigenvalue weighted by atomic mass is 9.73. The number of aromatic nitrogens is 1. The molecular formula is C65H45N. The maximum absolute atomic E-state index is 2.59. The third kappa shape index (κ3) is 5.41. The summed E-state index contributed by atoms with van der Waals surface area (Å²) >= 11 is 0. The van der Waals surface area contributed by atoms with Crippen LogP contribution in [-0.4, -0.2) is 4.57 Å². The number of rotatable bonds is 4. The van der Waals surface area contributed by atoms with Crippen LogP contribution < -0.4 is 0 Å². The lowest BCUT2D eigenvalue weighted by Gasteiger charge is -2.31. The van der Waals surface area contributed by atoms with Gasteiger partial charge in [-0.3, -0.25) is 0 Å². The van der Waals surface area contributed by atoms with Crippen molar-refractivity contribution in [1.82, 2.24) is 4.57 Å². The van der Waals surface area contributed by atoms with Gasteiger partial charge >= 0.3 is 0 Å². The molecule has 0 radical (unpaired) electrons. The maximum atomic E-state index is 2.59. The van der Waals surface area contributed by atoms with E-state index in [4.69, 9.17) is 0 Å². The molecule has 1 heteroatoms. The Balaban J connectivity index is 0.938. The van der Waals surface area contributed by atoms with Gasteiger partial charge in [-0.05, 0) is 154 Å². The molecule has 0 saturated heterocycles. The van der Waals surface area contributed by atoms with Crippen LogP contribution in [0.2, 0.25) is 0 Å². The van der Waals surface area contributed by atoms with Crippen LogP contribution in [0.25, 0.3) is 104 Å². The first-order valence-corrected chi connectivity index (χ1v) is 23.4. The van der Waals surface area contributed by atoms with Gasteiger partial charge in [-0.25, -0.2) is 0 Å². The summed E-state index contributed by atoms with van der Waals surface area (Å²) in [6.07, 6.45) is 0.947. The molecule has 0 saturated carbocycles. The summed E-state index contributed by atoms with van der Waals surface area (Å²) < 4.78 is 2.52. The Labute approximate surface area is 384 Å². The van der Waals surface area contributed by atoms with Gasteiger partial charge in [0.05, 0.1) is 11.0 Å². The third-order valence-electron chi connectivity index (χ3n) is 15.3. The van der Waals surface area contributed by atoms with E-state index in [1.807, 2.05) is 0 Å². The van der Waals surface area contributed by atoms with Crippen LogP contribution in [0.1, 0.15) is 47.6 Å². The van der Waals surface area contributed by atoms with E-state index < -0.39 is 0 Å². The zero-order chi connectivity index (χ0) is 43.7. The first-order chi connectivity index (χ1) is 32.5. The standard InChI is InChI=1S/C65H45N/c1-65(2)61-35-45-34-55(44-32-42(40-17-5-3-6-18-40)31-43(33-44)41-19-7-4-8-20-41)50-24-12-13-25-51(50)56(45)37-58(61)59-38-60-54-27-15-16-28-63(54)66(64(60)39-62(59)65)46-29-30-53-49-23-10-9-21-47(49)48-22-11-14-26-52(48)57(53)36-46/h3-33,35-39,55H,34H2,1-2H3. The van der Waals surface area contributed by atoms with Crippen molar-refractivity contribution in [3.63, 3.8) is 0 Å². The summed E-state index contributed by atoms with van der Waals surface area (Å²) in [5, 5.41) is 10.3. The quantitative estimate of drug-likeness (QED) is 0.156. The second kappa shape index (κ2) is 14.0. The molecule has 12 aromatic rings. The number of hydrogen-bond acceptors (Lipinski definition) is 0. The highest BCUT2D eigenvalue weighted by Crippen LogP contribution is 2.55. The lowest BCUT2D eigenvalue weighted by molar-refractivity contribution is 0.658. The molecule has 1 heterocycles. The smallest absolute Gasteiger partial charge is 0.0544 e. The topological polar surface area (TPSA) is 4.93 Å². The Morgan fingerprint density at radius 1 is 0.364 bits per heavy atom. The molecule has 310 valence electrons. The normalized spacial score (nSPS) is 14.7. The van der Waals surface area contributed by atoms with Crippen molar-refractivity contribution < 1.29 is 0 Å². The van der Waals surface area contributed by atoms with E-state index in [2.05, 4.69) is 237 Å². The van der Waals surface area contributed by atoms with Crippen molar-refractivity contribution in [3.8, 4) is 50.2 Å². The number of fused-ring (bicyclic) bond motifs is 15. The summed E-state index contributed by atoms with van der Waals surface area (Å²) in [7, 11) is 0. The van der Waals surface area contributed by atoms with Crippen LogP contribution in [0, 0.1) is 0 Å².